The van der Waals surface area contributed by atoms with Crippen molar-refractivity contribution >= 4 is 11.7 Å². The molecule has 1 aliphatic heterocycles. The van der Waals surface area contributed by atoms with Gasteiger partial charge in [-0.25, -0.2) is 9.97 Å². The highest BCUT2D eigenvalue weighted by molar-refractivity contribution is 5.93. The van der Waals surface area contributed by atoms with Crippen molar-refractivity contribution in [2.75, 3.05) is 45.7 Å². The molecule has 1 saturated heterocycles. The number of carbonyl (C=O) groups excluding carboxylic acids is 1. The summed E-state index contributed by atoms with van der Waals surface area (Å²) in [6.45, 7) is 2.87. The topological polar surface area (TPSA) is 79.4 Å². The Kier molecular flexibility index (Phi) is 6.73. The van der Waals surface area contributed by atoms with Crippen LogP contribution in [0.2, 0.25) is 0 Å². The molecule has 1 amide bonds. The zero-order chi connectivity index (χ0) is 19.1. The average Bonchev–Trinajstić information content (AvgIpc) is 3.20. The number of benzene rings is 1. The van der Waals surface area contributed by atoms with Crippen molar-refractivity contribution in [1.82, 2.24) is 20.2 Å². The number of ether oxygens (including phenoxy) is 1. The van der Waals surface area contributed by atoms with E-state index < -0.39 is 0 Å². The molecular formula is C20H27N5O2. The second-order valence-electron chi connectivity index (χ2n) is 6.90. The van der Waals surface area contributed by atoms with Gasteiger partial charge in [0.05, 0.1) is 6.10 Å². The third-order valence-electron chi connectivity index (χ3n) is 4.37. The summed E-state index contributed by atoms with van der Waals surface area (Å²) in [6, 6.07) is 11.4. The van der Waals surface area contributed by atoms with Crippen LogP contribution in [0.3, 0.4) is 0 Å². The van der Waals surface area contributed by atoms with Crippen LogP contribution < -0.4 is 10.6 Å². The molecule has 1 unspecified atom stereocenters. The summed E-state index contributed by atoms with van der Waals surface area (Å²) in [5, 5.41) is 6.21. The summed E-state index contributed by atoms with van der Waals surface area (Å²) in [6.07, 6.45) is 2.13. The molecule has 7 heteroatoms. The van der Waals surface area contributed by atoms with E-state index in [1.54, 1.807) is 6.07 Å². The Hall–Kier alpha value is -2.51. The van der Waals surface area contributed by atoms with Gasteiger partial charge in [0.15, 0.2) is 5.82 Å². The average molecular weight is 369 g/mol. The van der Waals surface area contributed by atoms with E-state index in [9.17, 15) is 4.79 Å². The lowest BCUT2D eigenvalue weighted by atomic mass is 10.2. The van der Waals surface area contributed by atoms with Gasteiger partial charge in [-0.15, -0.1) is 0 Å². The van der Waals surface area contributed by atoms with Crippen LogP contribution in [0, 0.1) is 0 Å². The molecule has 0 spiro atoms. The van der Waals surface area contributed by atoms with Crippen LogP contribution in [0.4, 0.5) is 5.82 Å². The predicted octanol–water partition coefficient (Wildman–Crippen LogP) is 2.03. The molecule has 0 saturated carbocycles. The van der Waals surface area contributed by atoms with E-state index >= 15 is 0 Å². The van der Waals surface area contributed by atoms with Crippen molar-refractivity contribution in [3.8, 4) is 11.4 Å². The molecule has 1 fully saturated rings. The van der Waals surface area contributed by atoms with Gasteiger partial charge in [-0.2, -0.15) is 0 Å². The molecule has 1 aliphatic rings. The third-order valence-corrected chi connectivity index (χ3v) is 4.37. The lowest BCUT2D eigenvalue weighted by Gasteiger charge is -2.14. The van der Waals surface area contributed by atoms with Crippen LogP contribution in [0.25, 0.3) is 11.4 Å². The number of nitrogens with zero attached hydrogens (tertiary/aromatic N) is 3. The van der Waals surface area contributed by atoms with E-state index in [1.807, 2.05) is 44.4 Å². The maximum Gasteiger partial charge on any atom is 0.270 e. The van der Waals surface area contributed by atoms with Gasteiger partial charge in [0.25, 0.3) is 5.91 Å². The van der Waals surface area contributed by atoms with Gasteiger partial charge >= 0.3 is 0 Å². The molecule has 144 valence electrons. The van der Waals surface area contributed by atoms with Crippen molar-refractivity contribution < 1.29 is 9.53 Å². The molecule has 0 aliphatic carbocycles. The molecule has 27 heavy (non-hydrogen) atoms. The van der Waals surface area contributed by atoms with Gasteiger partial charge in [-0.1, -0.05) is 30.3 Å². The second kappa shape index (κ2) is 9.43. The normalized spacial score (nSPS) is 16.5. The number of hydrogen-bond acceptors (Lipinski definition) is 6. The van der Waals surface area contributed by atoms with E-state index in [0.29, 0.717) is 23.9 Å². The monoisotopic (exact) mass is 369 g/mol. The van der Waals surface area contributed by atoms with Crippen LogP contribution in [0.5, 0.6) is 0 Å². The highest BCUT2D eigenvalue weighted by atomic mass is 16.5. The fourth-order valence-electron chi connectivity index (χ4n) is 2.88. The summed E-state index contributed by atoms with van der Waals surface area (Å²) in [4.78, 5) is 23.8. The maximum absolute atomic E-state index is 12.6. The Bertz CT molecular complexity index is 745. The SMILES string of the molecule is CN(C)CCNc1cc(C(=O)NCC2CCCO2)nc(-c2ccccc2)n1. The number of anilines is 1. The molecule has 1 aromatic carbocycles. The number of nitrogens with one attached hydrogen (secondary N) is 2. The molecular weight excluding hydrogens is 342 g/mol. The smallest absolute Gasteiger partial charge is 0.270 e. The van der Waals surface area contributed by atoms with Crippen molar-refractivity contribution in [3.63, 3.8) is 0 Å². The summed E-state index contributed by atoms with van der Waals surface area (Å²) >= 11 is 0. The molecule has 2 aromatic rings. The minimum absolute atomic E-state index is 0.0991. The zero-order valence-electron chi connectivity index (χ0n) is 15.9. The number of carbonyl (C=O) groups is 1. The number of hydrogen-bond donors (Lipinski definition) is 2. The van der Waals surface area contributed by atoms with Crippen molar-refractivity contribution in [1.29, 1.82) is 0 Å². The van der Waals surface area contributed by atoms with Crippen molar-refractivity contribution in [3.05, 3.63) is 42.1 Å². The van der Waals surface area contributed by atoms with E-state index in [2.05, 4.69) is 25.5 Å². The fourth-order valence-corrected chi connectivity index (χ4v) is 2.88. The molecule has 2 heterocycles. The van der Waals surface area contributed by atoms with E-state index in [4.69, 9.17) is 4.74 Å². The van der Waals surface area contributed by atoms with Crippen LogP contribution in [0.1, 0.15) is 23.3 Å². The highest BCUT2D eigenvalue weighted by Crippen LogP contribution is 2.18. The minimum atomic E-state index is -0.208. The van der Waals surface area contributed by atoms with Crippen LogP contribution >= 0.6 is 0 Å². The van der Waals surface area contributed by atoms with E-state index in [0.717, 1.165) is 38.1 Å². The fraction of sp³-hybridized carbons (Fsp3) is 0.450. The Morgan fingerprint density at radius 1 is 1.26 bits per heavy atom. The second-order valence-corrected chi connectivity index (χ2v) is 6.90. The Balaban J connectivity index is 1.76. The minimum Gasteiger partial charge on any atom is -0.376 e. The van der Waals surface area contributed by atoms with E-state index in [-0.39, 0.29) is 12.0 Å². The quantitative estimate of drug-likeness (QED) is 0.741. The number of likely N-dealkylation sites (N-methyl/N-ethyl adjacent to an activating group) is 1. The summed E-state index contributed by atoms with van der Waals surface area (Å²) in [5.41, 5.74) is 1.23. The molecule has 0 bridgehead atoms. The van der Waals surface area contributed by atoms with E-state index in [1.165, 1.54) is 0 Å². The number of rotatable bonds is 8. The first-order valence-corrected chi connectivity index (χ1v) is 9.35. The van der Waals surface area contributed by atoms with Gasteiger partial charge in [-0.05, 0) is 26.9 Å². The first-order chi connectivity index (χ1) is 13.1. The molecule has 7 nitrogen and oxygen atoms in total. The lowest BCUT2D eigenvalue weighted by molar-refractivity contribution is 0.0853. The molecule has 3 rings (SSSR count). The summed E-state index contributed by atoms with van der Waals surface area (Å²) in [5.74, 6) is 0.974. The van der Waals surface area contributed by atoms with Crippen LogP contribution in [-0.4, -0.2) is 67.2 Å². The van der Waals surface area contributed by atoms with Gasteiger partial charge in [0.1, 0.15) is 11.5 Å². The van der Waals surface area contributed by atoms with Crippen LogP contribution in [-0.2, 0) is 4.74 Å². The number of aromatic nitrogens is 2. The predicted molar refractivity (Wildman–Crippen MR) is 106 cm³/mol. The molecule has 2 N–H and O–H groups in total. The van der Waals surface area contributed by atoms with Crippen LogP contribution in [0.15, 0.2) is 36.4 Å². The third kappa shape index (κ3) is 5.74. The molecule has 1 atom stereocenters. The standard InChI is InChI=1S/C20H27N5O2/c1-25(2)11-10-21-18-13-17(20(26)22-14-16-9-6-12-27-16)23-19(24-18)15-7-4-3-5-8-15/h3-5,7-8,13,16H,6,9-12,14H2,1-2H3,(H,22,26)(H,21,23,24). The van der Waals surface area contributed by atoms with Gasteiger partial charge in [-0.3, -0.25) is 4.79 Å². The highest BCUT2D eigenvalue weighted by Gasteiger charge is 2.18. The van der Waals surface area contributed by atoms with Gasteiger partial charge in [0.2, 0.25) is 0 Å². The summed E-state index contributed by atoms with van der Waals surface area (Å²) < 4.78 is 5.57. The van der Waals surface area contributed by atoms with Crippen molar-refractivity contribution in [2.45, 2.75) is 18.9 Å². The maximum atomic E-state index is 12.6. The van der Waals surface area contributed by atoms with Gasteiger partial charge in [0, 0.05) is 37.9 Å². The van der Waals surface area contributed by atoms with Gasteiger partial charge < -0.3 is 20.3 Å². The Morgan fingerprint density at radius 2 is 2.07 bits per heavy atom. The van der Waals surface area contributed by atoms with Crippen molar-refractivity contribution in [2.24, 2.45) is 0 Å². The zero-order valence-corrected chi connectivity index (χ0v) is 15.9. The molecule has 1 aromatic heterocycles. The summed E-state index contributed by atoms with van der Waals surface area (Å²) in [7, 11) is 4.03. The first kappa shape index (κ1) is 19.3. The lowest BCUT2D eigenvalue weighted by Crippen LogP contribution is -2.32. The number of amides is 1. The Labute approximate surface area is 160 Å². The first-order valence-electron chi connectivity index (χ1n) is 9.35. The molecule has 0 radical (unpaired) electrons. The Morgan fingerprint density at radius 3 is 2.78 bits per heavy atom. The largest absolute Gasteiger partial charge is 0.376 e.